The number of hydrogen-bond donors (Lipinski definition) is 2. The van der Waals surface area contributed by atoms with Crippen molar-refractivity contribution in [3.8, 4) is 0 Å². The van der Waals surface area contributed by atoms with Crippen LogP contribution in [0.4, 0.5) is 5.69 Å². The average molecular weight is 276 g/mol. The van der Waals surface area contributed by atoms with Gasteiger partial charge in [-0.3, -0.25) is 0 Å². The average Bonchev–Trinajstić information content (AvgIpc) is 2.94. The maximum absolute atomic E-state index is 11.2. The molecular formula is C16H24N2O2. The van der Waals surface area contributed by atoms with Crippen molar-refractivity contribution >= 4 is 11.7 Å². The second-order valence-corrected chi connectivity index (χ2v) is 5.65. The molecule has 0 bridgehead atoms. The number of nitrogens with one attached hydrogen (secondary N) is 1. The number of carboxylic acids is 1. The molecule has 0 amide bonds. The van der Waals surface area contributed by atoms with E-state index in [9.17, 15) is 9.90 Å². The minimum Gasteiger partial charge on any atom is -0.478 e. The number of benzene rings is 1. The van der Waals surface area contributed by atoms with Crippen molar-refractivity contribution < 1.29 is 9.90 Å². The molecule has 4 heteroatoms. The third-order valence-electron chi connectivity index (χ3n) is 4.22. The number of para-hydroxylation sites is 1. The summed E-state index contributed by atoms with van der Waals surface area (Å²) in [4.78, 5) is 13.6. The molecule has 0 unspecified atom stereocenters. The van der Waals surface area contributed by atoms with Crippen molar-refractivity contribution in [3.05, 3.63) is 29.3 Å². The Kier molecular flexibility index (Phi) is 5.01. The molecule has 0 atom stereocenters. The Morgan fingerprint density at radius 3 is 2.75 bits per heavy atom. The highest BCUT2D eigenvalue weighted by Gasteiger charge is 2.19. The number of aromatic carboxylic acids is 1. The maximum Gasteiger partial charge on any atom is 0.337 e. The molecule has 1 aromatic carbocycles. The van der Waals surface area contributed by atoms with Crippen LogP contribution in [-0.4, -0.2) is 42.2 Å². The minimum absolute atomic E-state index is 0.355. The second kappa shape index (κ2) is 6.75. The van der Waals surface area contributed by atoms with Gasteiger partial charge in [-0.1, -0.05) is 25.0 Å². The zero-order valence-corrected chi connectivity index (χ0v) is 12.4. The lowest BCUT2D eigenvalue weighted by Crippen LogP contribution is -2.33. The van der Waals surface area contributed by atoms with Crippen molar-refractivity contribution in [2.24, 2.45) is 0 Å². The molecule has 2 N–H and O–H groups in total. The molecule has 4 nitrogen and oxygen atoms in total. The van der Waals surface area contributed by atoms with Crippen LogP contribution in [0.25, 0.3) is 0 Å². The van der Waals surface area contributed by atoms with Gasteiger partial charge in [-0.05, 0) is 38.4 Å². The van der Waals surface area contributed by atoms with Crippen LogP contribution in [-0.2, 0) is 0 Å². The van der Waals surface area contributed by atoms with E-state index in [1.165, 1.54) is 25.7 Å². The van der Waals surface area contributed by atoms with Crippen molar-refractivity contribution in [2.45, 2.75) is 38.6 Å². The quantitative estimate of drug-likeness (QED) is 0.838. The lowest BCUT2D eigenvalue weighted by atomic mass is 10.1. The summed E-state index contributed by atoms with van der Waals surface area (Å²) in [7, 11) is 2.16. The fraction of sp³-hybridized carbons (Fsp3) is 0.562. The van der Waals surface area contributed by atoms with E-state index in [1.807, 2.05) is 13.0 Å². The van der Waals surface area contributed by atoms with E-state index >= 15 is 0 Å². The molecule has 20 heavy (non-hydrogen) atoms. The Labute approximate surface area is 120 Å². The zero-order valence-electron chi connectivity index (χ0n) is 12.4. The molecule has 0 spiro atoms. The first kappa shape index (κ1) is 14.9. The summed E-state index contributed by atoms with van der Waals surface area (Å²) in [5, 5.41) is 12.5. The van der Waals surface area contributed by atoms with E-state index in [2.05, 4.69) is 17.3 Å². The van der Waals surface area contributed by atoms with Crippen LogP contribution in [0, 0.1) is 6.92 Å². The molecule has 0 aliphatic heterocycles. The summed E-state index contributed by atoms with van der Waals surface area (Å²) in [5.41, 5.74) is 2.08. The standard InChI is InChI=1S/C16H24N2O2/c1-12-6-5-9-14(16(19)20)15(12)17-10-11-18(2)13-7-3-4-8-13/h5-6,9,13,17H,3-4,7-8,10-11H2,1-2H3,(H,19,20). The summed E-state index contributed by atoms with van der Waals surface area (Å²) in [6, 6.07) is 6.08. The molecule has 0 radical (unpaired) electrons. The normalized spacial score (nSPS) is 15.8. The number of hydrogen-bond acceptors (Lipinski definition) is 3. The highest BCUT2D eigenvalue weighted by atomic mass is 16.4. The summed E-state index contributed by atoms with van der Waals surface area (Å²) in [5.74, 6) is -0.875. The monoisotopic (exact) mass is 276 g/mol. The van der Waals surface area contributed by atoms with Gasteiger partial charge in [-0.25, -0.2) is 4.79 Å². The molecular weight excluding hydrogens is 252 g/mol. The molecule has 1 fully saturated rings. The topological polar surface area (TPSA) is 52.6 Å². The molecule has 0 aromatic heterocycles. The summed E-state index contributed by atoms with van der Waals surface area (Å²) >= 11 is 0. The van der Waals surface area contributed by atoms with Gasteiger partial charge in [-0.2, -0.15) is 0 Å². The molecule has 1 aliphatic rings. The Balaban J connectivity index is 1.92. The van der Waals surface area contributed by atoms with Gasteiger partial charge in [0.25, 0.3) is 0 Å². The first-order valence-corrected chi connectivity index (χ1v) is 7.36. The Bertz CT molecular complexity index is 468. The number of carboxylic acid groups (broad SMARTS) is 1. The lowest BCUT2D eigenvalue weighted by molar-refractivity contribution is 0.0698. The van der Waals surface area contributed by atoms with E-state index in [0.29, 0.717) is 11.6 Å². The first-order valence-electron chi connectivity index (χ1n) is 7.36. The van der Waals surface area contributed by atoms with Crippen LogP contribution in [0.2, 0.25) is 0 Å². The van der Waals surface area contributed by atoms with E-state index in [-0.39, 0.29) is 0 Å². The molecule has 1 aromatic rings. The van der Waals surface area contributed by atoms with Crippen molar-refractivity contribution in [3.63, 3.8) is 0 Å². The van der Waals surface area contributed by atoms with E-state index in [1.54, 1.807) is 12.1 Å². The highest BCUT2D eigenvalue weighted by Crippen LogP contribution is 2.23. The molecule has 1 saturated carbocycles. The number of rotatable bonds is 6. The van der Waals surface area contributed by atoms with Crippen molar-refractivity contribution in [2.75, 3.05) is 25.5 Å². The molecule has 0 saturated heterocycles. The van der Waals surface area contributed by atoms with Gasteiger partial charge >= 0.3 is 5.97 Å². The largest absolute Gasteiger partial charge is 0.478 e. The van der Waals surface area contributed by atoms with Crippen LogP contribution in [0.5, 0.6) is 0 Å². The summed E-state index contributed by atoms with van der Waals surface area (Å²) < 4.78 is 0. The smallest absolute Gasteiger partial charge is 0.337 e. The Hall–Kier alpha value is -1.55. The summed E-state index contributed by atoms with van der Waals surface area (Å²) in [6.07, 6.45) is 5.26. The van der Waals surface area contributed by atoms with Crippen LogP contribution >= 0.6 is 0 Å². The van der Waals surface area contributed by atoms with Gasteiger partial charge in [0, 0.05) is 19.1 Å². The third-order valence-corrected chi connectivity index (χ3v) is 4.22. The summed E-state index contributed by atoms with van der Waals surface area (Å²) in [6.45, 7) is 3.66. The van der Waals surface area contributed by atoms with Gasteiger partial charge < -0.3 is 15.3 Å². The van der Waals surface area contributed by atoms with Crippen LogP contribution in [0.3, 0.4) is 0 Å². The van der Waals surface area contributed by atoms with Crippen molar-refractivity contribution in [1.29, 1.82) is 0 Å². The second-order valence-electron chi connectivity index (χ2n) is 5.65. The van der Waals surface area contributed by atoms with Crippen LogP contribution in [0.1, 0.15) is 41.6 Å². The highest BCUT2D eigenvalue weighted by molar-refractivity contribution is 5.95. The zero-order chi connectivity index (χ0) is 14.5. The lowest BCUT2D eigenvalue weighted by Gasteiger charge is -2.24. The first-order chi connectivity index (χ1) is 9.59. The fourth-order valence-corrected chi connectivity index (χ4v) is 2.97. The van der Waals surface area contributed by atoms with Crippen LogP contribution in [0.15, 0.2) is 18.2 Å². The van der Waals surface area contributed by atoms with Gasteiger partial charge in [0.1, 0.15) is 0 Å². The Morgan fingerprint density at radius 1 is 1.40 bits per heavy atom. The van der Waals surface area contributed by atoms with Gasteiger partial charge in [0.2, 0.25) is 0 Å². The SMILES string of the molecule is Cc1cccc(C(=O)O)c1NCCN(C)C1CCCC1. The number of carbonyl (C=O) groups is 1. The number of nitrogens with zero attached hydrogens (tertiary/aromatic N) is 1. The molecule has 0 heterocycles. The molecule has 2 rings (SSSR count). The van der Waals surface area contributed by atoms with Crippen molar-refractivity contribution in [1.82, 2.24) is 4.90 Å². The van der Waals surface area contributed by atoms with E-state index in [0.717, 1.165) is 24.3 Å². The van der Waals surface area contributed by atoms with E-state index in [4.69, 9.17) is 0 Å². The van der Waals surface area contributed by atoms with Gasteiger partial charge in [0.15, 0.2) is 0 Å². The maximum atomic E-state index is 11.2. The minimum atomic E-state index is -0.875. The predicted molar refractivity (Wildman–Crippen MR) is 81.5 cm³/mol. The fourth-order valence-electron chi connectivity index (χ4n) is 2.97. The Morgan fingerprint density at radius 2 is 2.10 bits per heavy atom. The van der Waals surface area contributed by atoms with Gasteiger partial charge in [-0.15, -0.1) is 0 Å². The predicted octanol–water partition coefficient (Wildman–Crippen LogP) is 2.98. The van der Waals surface area contributed by atoms with Gasteiger partial charge in [0.05, 0.1) is 11.3 Å². The third kappa shape index (κ3) is 3.51. The number of likely N-dealkylation sites (N-methyl/N-ethyl adjacent to an activating group) is 1. The van der Waals surface area contributed by atoms with E-state index < -0.39 is 5.97 Å². The number of anilines is 1. The van der Waals surface area contributed by atoms with Crippen LogP contribution < -0.4 is 5.32 Å². The molecule has 1 aliphatic carbocycles. The number of aryl methyl sites for hydroxylation is 1. The molecule has 110 valence electrons.